The normalized spacial score (nSPS) is 16.3. The molecule has 0 aliphatic carbocycles. The largest absolute Gasteiger partial charge is 0.493 e. The van der Waals surface area contributed by atoms with Crippen molar-refractivity contribution in [2.75, 3.05) is 26.2 Å². The molecule has 1 heterocycles. The SMILES string of the molecule is CCOC(=O)C1=C(C)OC(N)=C(C#N)C1c1ccc(OC)c(OCCCCl)c1. The van der Waals surface area contributed by atoms with Crippen LogP contribution in [-0.4, -0.2) is 32.2 Å². The van der Waals surface area contributed by atoms with E-state index in [1.807, 2.05) is 6.07 Å². The Morgan fingerprint density at radius 2 is 2.14 bits per heavy atom. The maximum Gasteiger partial charge on any atom is 0.338 e. The molecule has 0 bridgehead atoms. The van der Waals surface area contributed by atoms with Crippen molar-refractivity contribution in [3.63, 3.8) is 0 Å². The summed E-state index contributed by atoms with van der Waals surface area (Å²) in [7, 11) is 1.53. The molecular formula is C20H23ClN2O5. The van der Waals surface area contributed by atoms with E-state index in [1.165, 1.54) is 7.11 Å². The third kappa shape index (κ3) is 4.52. The number of methoxy groups -OCH3 is 1. The van der Waals surface area contributed by atoms with Crippen LogP contribution < -0.4 is 15.2 Å². The van der Waals surface area contributed by atoms with E-state index in [0.717, 1.165) is 0 Å². The van der Waals surface area contributed by atoms with E-state index < -0.39 is 11.9 Å². The summed E-state index contributed by atoms with van der Waals surface area (Å²) in [6.45, 7) is 3.92. The van der Waals surface area contributed by atoms with Gasteiger partial charge in [-0.2, -0.15) is 5.26 Å². The summed E-state index contributed by atoms with van der Waals surface area (Å²) in [6.07, 6.45) is 0.662. The number of hydrogen-bond donors (Lipinski definition) is 1. The standard InChI is InChI=1S/C20H23ClN2O5/c1-4-26-20(24)17-12(2)28-19(23)14(11-22)18(17)13-6-7-15(25-3)16(10-13)27-9-5-8-21/h6-7,10,18H,4-5,8-9,23H2,1-3H3. The molecule has 0 aromatic heterocycles. The van der Waals surface area contributed by atoms with Crippen LogP contribution in [0.4, 0.5) is 0 Å². The van der Waals surface area contributed by atoms with Gasteiger partial charge in [-0.1, -0.05) is 6.07 Å². The van der Waals surface area contributed by atoms with Gasteiger partial charge >= 0.3 is 5.97 Å². The molecule has 28 heavy (non-hydrogen) atoms. The molecule has 1 aliphatic heterocycles. The second-order valence-corrected chi connectivity index (χ2v) is 6.29. The lowest BCUT2D eigenvalue weighted by atomic mass is 9.83. The van der Waals surface area contributed by atoms with Gasteiger partial charge in [-0.15, -0.1) is 11.6 Å². The molecule has 8 heteroatoms. The highest BCUT2D eigenvalue weighted by atomic mass is 35.5. The Labute approximate surface area is 169 Å². The highest BCUT2D eigenvalue weighted by Gasteiger charge is 2.36. The van der Waals surface area contributed by atoms with Crippen molar-refractivity contribution in [2.24, 2.45) is 5.73 Å². The Morgan fingerprint density at radius 3 is 2.75 bits per heavy atom. The first kappa shape index (κ1) is 21.5. The molecule has 0 fully saturated rings. The Hall–Kier alpha value is -2.85. The second kappa shape index (κ2) is 9.90. The van der Waals surface area contributed by atoms with Crippen molar-refractivity contribution in [1.82, 2.24) is 0 Å². The number of nitriles is 1. The van der Waals surface area contributed by atoms with Gasteiger partial charge < -0.3 is 24.7 Å². The first-order valence-corrected chi connectivity index (χ1v) is 9.34. The monoisotopic (exact) mass is 406 g/mol. The molecule has 0 spiro atoms. The van der Waals surface area contributed by atoms with Crippen LogP contribution in [0, 0.1) is 11.3 Å². The molecule has 1 aliphatic rings. The third-order valence-corrected chi connectivity index (χ3v) is 4.42. The fraction of sp³-hybridized carbons (Fsp3) is 0.400. The number of ether oxygens (including phenoxy) is 4. The Morgan fingerprint density at radius 1 is 1.39 bits per heavy atom. The van der Waals surface area contributed by atoms with Gasteiger partial charge in [-0.25, -0.2) is 4.79 Å². The predicted molar refractivity (Wildman–Crippen MR) is 104 cm³/mol. The van der Waals surface area contributed by atoms with Crippen molar-refractivity contribution in [2.45, 2.75) is 26.2 Å². The molecule has 1 aromatic carbocycles. The molecule has 1 unspecified atom stereocenters. The molecule has 0 saturated carbocycles. The summed E-state index contributed by atoms with van der Waals surface area (Å²) in [6, 6.07) is 7.23. The van der Waals surface area contributed by atoms with Crippen LogP contribution in [0.2, 0.25) is 0 Å². The minimum Gasteiger partial charge on any atom is -0.493 e. The second-order valence-electron chi connectivity index (χ2n) is 5.92. The summed E-state index contributed by atoms with van der Waals surface area (Å²) in [4.78, 5) is 12.6. The topological polar surface area (TPSA) is 104 Å². The van der Waals surface area contributed by atoms with E-state index in [0.29, 0.717) is 41.7 Å². The zero-order valence-electron chi connectivity index (χ0n) is 16.1. The average Bonchev–Trinajstić information content (AvgIpc) is 2.67. The minimum atomic E-state index is -0.737. The summed E-state index contributed by atoms with van der Waals surface area (Å²) in [5.74, 6) is 0.422. The Bertz CT molecular complexity index is 841. The first-order chi connectivity index (χ1) is 13.5. The third-order valence-electron chi connectivity index (χ3n) is 4.16. The van der Waals surface area contributed by atoms with Gasteiger partial charge in [0.15, 0.2) is 11.5 Å². The average molecular weight is 407 g/mol. The molecule has 1 aromatic rings. The maximum absolute atomic E-state index is 12.6. The van der Waals surface area contributed by atoms with Crippen LogP contribution in [0.3, 0.4) is 0 Å². The predicted octanol–water partition coefficient (Wildman–Crippen LogP) is 3.35. The van der Waals surface area contributed by atoms with E-state index in [2.05, 4.69) is 0 Å². The smallest absolute Gasteiger partial charge is 0.338 e. The summed E-state index contributed by atoms with van der Waals surface area (Å²) < 4.78 is 21.7. The minimum absolute atomic E-state index is 0.0431. The van der Waals surface area contributed by atoms with Gasteiger partial charge in [-0.05, 0) is 38.0 Å². The van der Waals surface area contributed by atoms with Crippen LogP contribution in [0.1, 0.15) is 31.7 Å². The quantitative estimate of drug-likeness (QED) is 0.401. The number of halogens is 1. The van der Waals surface area contributed by atoms with E-state index in [-0.39, 0.29) is 23.6 Å². The van der Waals surface area contributed by atoms with Gasteiger partial charge in [0.1, 0.15) is 17.4 Å². The lowest BCUT2D eigenvalue weighted by Crippen LogP contribution is -2.25. The van der Waals surface area contributed by atoms with Gasteiger partial charge in [0.2, 0.25) is 5.88 Å². The number of allylic oxidation sites excluding steroid dienone is 2. The highest BCUT2D eigenvalue weighted by Crippen LogP contribution is 2.42. The molecule has 0 saturated heterocycles. The van der Waals surface area contributed by atoms with Crippen LogP contribution in [-0.2, 0) is 14.3 Å². The number of nitrogens with two attached hydrogens (primary N) is 1. The number of carbonyl (C=O) groups excluding carboxylic acids is 1. The Balaban J connectivity index is 2.55. The molecule has 0 radical (unpaired) electrons. The van der Waals surface area contributed by atoms with Crippen molar-refractivity contribution in [1.29, 1.82) is 5.26 Å². The molecule has 2 N–H and O–H groups in total. The number of esters is 1. The number of rotatable bonds is 8. The van der Waals surface area contributed by atoms with Gasteiger partial charge in [-0.3, -0.25) is 0 Å². The van der Waals surface area contributed by atoms with Gasteiger partial charge in [0.25, 0.3) is 0 Å². The van der Waals surface area contributed by atoms with Crippen LogP contribution in [0.5, 0.6) is 11.5 Å². The van der Waals surface area contributed by atoms with E-state index >= 15 is 0 Å². The fourth-order valence-electron chi connectivity index (χ4n) is 2.91. The van der Waals surface area contributed by atoms with Crippen LogP contribution >= 0.6 is 11.6 Å². The van der Waals surface area contributed by atoms with Crippen molar-refractivity contribution < 1.29 is 23.7 Å². The first-order valence-electron chi connectivity index (χ1n) is 8.80. The molecule has 2 rings (SSSR count). The molecule has 0 amide bonds. The van der Waals surface area contributed by atoms with Crippen LogP contribution in [0.25, 0.3) is 0 Å². The molecular weight excluding hydrogens is 384 g/mol. The van der Waals surface area contributed by atoms with E-state index in [4.69, 9.17) is 36.3 Å². The van der Waals surface area contributed by atoms with Crippen molar-refractivity contribution in [3.05, 3.63) is 46.6 Å². The van der Waals surface area contributed by atoms with Crippen molar-refractivity contribution >= 4 is 17.6 Å². The van der Waals surface area contributed by atoms with Crippen LogP contribution in [0.15, 0.2) is 41.0 Å². The fourth-order valence-corrected chi connectivity index (χ4v) is 3.02. The van der Waals surface area contributed by atoms with E-state index in [1.54, 1.807) is 32.0 Å². The summed E-state index contributed by atoms with van der Waals surface area (Å²) in [5, 5.41) is 9.64. The maximum atomic E-state index is 12.6. The summed E-state index contributed by atoms with van der Waals surface area (Å²) in [5.41, 5.74) is 6.90. The number of carbonyl (C=O) groups is 1. The lowest BCUT2D eigenvalue weighted by molar-refractivity contribution is -0.139. The molecule has 150 valence electrons. The zero-order valence-corrected chi connectivity index (χ0v) is 16.8. The lowest BCUT2D eigenvalue weighted by Gasteiger charge is -2.27. The Kier molecular flexibility index (Phi) is 7.59. The number of hydrogen-bond acceptors (Lipinski definition) is 7. The number of benzene rings is 1. The van der Waals surface area contributed by atoms with Gasteiger partial charge in [0.05, 0.1) is 31.8 Å². The number of alkyl halides is 1. The summed E-state index contributed by atoms with van der Waals surface area (Å²) >= 11 is 5.71. The van der Waals surface area contributed by atoms with Crippen molar-refractivity contribution in [3.8, 4) is 17.6 Å². The van der Waals surface area contributed by atoms with E-state index in [9.17, 15) is 10.1 Å². The zero-order chi connectivity index (χ0) is 20.7. The van der Waals surface area contributed by atoms with Gasteiger partial charge in [0, 0.05) is 5.88 Å². The molecule has 7 nitrogen and oxygen atoms in total. The highest BCUT2D eigenvalue weighted by molar-refractivity contribution is 6.17. The molecule has 1 atom stereocenters. The number of nitrogens with zero attached hydrogens (tertiary/aromatic N) is 1.